The molecule has 0 radical (unpaired) electrons. The Hall–Kier alpha value is -2.50. The lowest BCUT2D eigenvalue weighted by molar-refractivity contribution is 0.0591. The third-order valence-electron chi connectivity index (χ3n) is 3.82. The molecule has 1 atom stereocenters. The van der Waals surface area contributed by atoms with Crippen molar-refractivity contribution in [3.05, 3.63) is 47.2 Å². The summed E-state index contributed by atoms with van der Waals surface area (Å²) in [5.74, 6) is -1.70. The molecule has 1 aliphatic rings. The number of benzene rings is 1. The van der Waals surface area contributed by atoms with Crippen LogP contribution in [-0.4, -0.2) is 24.2 Å². The van der Waals surface area contributed by atoms with Crippen molar-refractivity contribution in [2.45, 2.75) is 25.9 Å². The summed E-state index contributed by atoms with van der Waals surface area (Å²) in [4.78, 5) is 16.0. The van der Waals surface area contributed by atoms with Crippen molar-refractivity contribution >= 4 is 5.97 Å². The number of hydrogen-bond acceptors (Lipinski definition) is 4. The summed E-state index contributed by atoms with van der Waals surface area (Å²) in [6.07, 6.45) is 1.34. The second kappa shape index (κ2) is 5.95. The Kier molecular flexibility index (Phi) is 3.98. The second-order valence-corrected chi connectivity index (χ2v) is 5.42. The molecular formula is C17H15F2NO3. The fraction of sp³-hybridized carbons (Fsp3) is 0.294. The van der Waals surface area contributed by atoms with Crippen molar-refractivity contribution in [3.8, 4) is 17.0 Å². The van der Waals surface area contributed by atoms with Crippen LogP contribution in [0.5, 0.6) is 5.88 Å². The van der Waals surface area contributed by atoms with Crippen LogP contribution in [0.3, 0.4) is 0 Å². The first-order valence-corrected chi connectivity index (χ1v) is 7.24. The first kappa shape index (κ1) is 15.4. The molecule has 6 heteroatoms. The summed E-state index contributed by atoms with van der Waals surface area (Å²) in [5, 5.41) is 0. The van der Waals surface area contributed by atoms with Crippen LogP contribution in [0.1, 0.15) is 29.4 Å². The Morgan fingerprint density at radius 3 is 2.78 bits per heavy atom. The number of hydrogen-bond donors (Lipinski definition) is 0. The molecule has 0 unspecified atom stereocenters. The van der Waals surface area contributed by atoms with Gasteiger partial charge in [-0.15, -0.1) is 0 Å². The minimum absolute atomic E-state index is 0.0269. The Morgan fingerprint density at radius 2 is 2.09 bits per heavy atom. The van der Waals surface area contributed by atoms with Gasteiger partial charge in [-0.25, -0.2) is 18.6 Å². The predicted octanol–water partition coefficient (Wildman–Crippen LogP) is 3.53. The van der Waals surface area contributed by atoms with Gasteiger partial charge in [0, 0.05) is 17.2 Å². The number of methoxy groups -OCH3 is 1. The Bertz CT molecular complexity index is 777. The molecule has 3 rings (SSSR count). The third kappa shape index (κ3) is 2.88. The number of nitrogens with zero attached hydrogens (tertiary/aromatic N) is 1. The molecule has 4 nitrogen and oxygen atoms in total. The molecule has 0 aliphatic carbocycles. The van der Waals surface area contributed by atoms with Crippen LogP contribution in [0.25, 0.3) is 11.1 Å². The quantitative estimate of drug-likeness (QED) is 0.795. The van der Waals surface area contributed by atoms with E-state index in [0.29, 0.717) is 23.4 Å². The number of carbonyl (C=O) groups excluding carboxylic acids is 1. The second-order valence-electron chi connectivity index (χ2n) is 5.42. The molecule has 0 saturated carbocycles. The van der Waals surface area contributed by atoms with Gasteiger partial charge in [-0.1, -0.05) is 0 Å². The summed E-state index contributed by atoms with van der Waals surface area (Å²) in [6, 6.07) is 4.79. The zero-order valence-corrected chi connectivity index (χ0v) is 12.7. The van der Waals surface area contributed by atoms with Crippen molar-refractivity contribution in [3.63, 3.8) is 0 Å². The maximum absolute atomic E-state index is 14.2. The average Bonchev–Trinajstić information content (AvgIpc) is 2.53. The van der Waals surface area contributed by atoms with Gasteiger partial charge >= 0.3 is 5.97 Å². The fourth-order valence-corrected chi connectivity index (χ4v) is 2.64. The van der Waals surface area contributed by atoms with Crippen LogP contribution in [0, 0.1) is 11.6 Å². The minimum atomic E-state index is -0.701. The van der Waals surface area contributed by atoms with Gasteiger partial charge < -0.3 is 9.47 Å². The van der Waals surface area contributed by atoms with E-state index in [2.05, 4.69) is 9.72 Å². The SMILES string of the molecule is COC(=O)c1cc(-c2ccc(F)cc2F)c2c(n1)O[C@H](C)CC2. The number of rotatable bonds is 2. The highest BCUT2D eigenvalue weighted by atomic mass is 19.1. The molecule has 0 N–H and O–H groups in total. The molecule has 2 heterocycles. The van der Waals surface area contributed by atoms with Gasteiger partial charge in [0.2, 0.25) is 5.88 Å². The lowest BCUT2D eigenvalue weighted by atomic mass is 9.94. The molecular weight excluding hydrogens is 304 g/mol. The first-order chi connectivity index (χ1) is 11.0. The van der Waals surface area contributed by atoms with Gasteiger partial charge in [0.1, 0.15) is 11.6 Å². The molecule has 1 aromatic carbocycles. The summed E-state index contributed by atoms with van der Waals surface area (Å²) in [7, 11) is 1.24. The highest BCUT2D eigenvalue weighted by molar-refractivity contribution is 5.90. The van der Waals surface area contributed by atoms with Crippen LogP contribution < -0.4 is 4.74 Å². The smallest absolute Gasteiger partial charge is 0.356 e. The van der Waals surface area contributed by atoms with Gasteiger partial charge in [0.25, 0.3) is 0 Å². The summed E-state index contributed by atoms with van der Waals surface area (Å²) < 4.78 is 37.7. The number of esters is 1. The molecule has 0 spiro atoms. The molecule has 0 bridgehead atoms. The maximum Gasteiger partial charge on any atom is 0.356 e. The van der Waals surface area contributed by atoms with E-state index >= 15 is 0 Å². The lowest BCUT2D eigenvalue weighted by Gasteiger charge is -2.25. The number of halogens is 2. The molecule has 2 aromatic rings. The number of carbonyl (C=O) groups is 1. The van der Waals surface area contributed by atoms with Crippen LogP contribution in [0.4, 0.5) is 8.78 Å². The highest BCUT2D eigenvalue weighted by Crippen LogP contribution is 2.36. The van der Waals surface area contributed by atoms with Crippen LogP contribution >= 0.6 is 0 Å². The van der Waals surface area contributed by atoms with E-state index < -0.39 is 17.6 Å². The summed E-state index contributed by atoms with van der Waals surface area (Å²) in [6.45, 7) is 1.90. The van der Waals surface area contributed by atoms with E-state index in [1.165, 1.54) is 25.3 Å². The van der Waals surface area contributed by atoms with Crippen molar-refractivity contribution in [1.82, 2.24) is 4.98 Å². The molecule has 1 aliphatic heterocycles. The van der Waals surface area contributed by atoms with Gasteiger partial charge in [-0.05, 0) is 43.5 Å². The zero-order valence-electron chi connectivity index (χ0n) is 12.7. The normalized spacial score (nSPS) is 16.4. The van der Waals surface area contributed by atoms with E-state index in [1.807, 2.05) is 6.92 Å². The molecule has 0 amide bonds. The highest BCUT2D eigenvalue weighted by Gasteiger charge is 2.25. The minimum Gasteiger partial charge on any atom is -0.474 e. The van der Waals surface area contributed by atoms with Crippen LogP contribution in [0.2, 0.25) is 0 Å². The fourth-order valence-electron chi connectivity index (χ4n) is 2.64. The van der Waals surface area contributed by atoms with Crippen molar-refractivity contribution in [1.29, 1.82) is 0 Å². The van der Waals surface area contributed by atoms with E-state index in [1.54, 1.807) is 0 Å². The molecule has 120 valence electrons. The largest absolute Gasteiger partial charge is 0.474 e. The number of pyridine rings is 1. The average molecular weight is 319 g/mol. The molecule has 23 heavy (non-hydrogen) atoms. The van der Waals surface area contributed by atoms with Gasteiger partial charge in [0.05, 0.1) is 13.2 Å². The summed E-state index contributed by atoms with van der Waals surface area (Å²) in [5.41, 5.74) is 1.41. The van der Waals surface area contributed by atoms with E-state index in [-0.39, 0.29) is 17.4 Å². The van der Waals surface area contributed by atoms with Crippen LogP contribution in [-0.2, 0) is 11.2 Å². The molecule has 0 fully saturated rings. The number of fused-ring (bicyclic) bond motifs is 1. The first-order valence-electron chi connectivity index (χ1n) is 7.24. The topological polar surface area (TPSA) is 48.4 Å². The maximum atomic E-state index is 14.2. The lowest BCUT2D eigenvalue weighted by Crippen LogP contribution is -2.22. The van der Waals surface area contributed by atoms with E-state index in [0.717, 1.165) is 12.5 Å². The van der Waals surface area contributed by atoms with E-state index in [9.17, 15) is 13.6 Å². The van der Waals surface area contributed by atoms with Crippen molar-refractivity contribution in [2.75, 3.05) is 7.11 Å². The number of aromatic nitrogens is 1. The van der Waals surface area contributed by atoms with Gasteiger partial charge in [-0.3, -0.25) is 0 Å². The van der Waals surface area contributed by atoms with Gasteiger partial charge in [-0.2, -0.15) is 0 Å². The Balaban J connectivity index is 2.21. The Morgan fingerprint density at radius 1 is 1.30 bits per heavy atom. The summed E-state index contributed by atoms with van der Waals surface area (Å²) >= 11 is 0. The van der Waals surface area contributed by atoms with E-state index in [4.69, 9.17) is 4.74 Å². The Labute approximate surface area is 132 Å². The molecule has 1 aromatic heterocycles. The monoisotopic (exact) mass is 319 g/mol. The predicted molar refractivity (Wildman–Crippen MR) is 79.3 cm³/mol. The molecule has 0 saturated heterocycles. The zero-order chi connectivity index (χ0) is 16.6. The van der Waals surface area contributed by atoms with Crippen LogP contribution in [0.15, 0.2) is 24.3 Å². The number of ether oxygens (including phenoxy) is 2. The van der Waals surface area contributed by atoms with Gasteiger partial charge in [0.15, 0.2) is 5.69 Å². The van der Waals surface area contributed by atoms with Crippen molar-refractivity contribution < 1.29 is 23.0 Å². The van der Waals surface area contributed by atoms with Crippen molar-refractivity contribution in [2.24, 2.45) is 0 Å². The standard InChI is InChI=1S/C17H15F2NO3/c1-9-3-5-12-13(11-6-4-10(18)7-14(11)19)8-15(17(21)22-2)20-16(12)23-9/h4,6-9H,3,5H2,1-2H3/t9-/m1/s1. The third-order valence-corrected chi connectivity index (χ3v) is 3.82.